The van der Waals surface area contributed by atoms with Crippen LogP contribution in [0, 0.1) is 70.0 Å². The SMILES string of the molecule is CC1CCC(C2NC(C3CCC(C)CC3C)NC(C3CCC(OCCCCOC(=O)C4CC(C(C)(C)C)C(O)C(C(C)(C)C)C4)CC3O)N2)C(C)C1. The molecule has 0 spiro atoms. The highest BCUT2D eigenvalue weighted by Gasteiger charge is 2.48. The molecule has 5 aliphatic rings. The largest absolute Gasteiger partial charge is 0.465 e. The third kappa shape index (κ3) is 10.7. The fraction of sp³-hybridized carbons (Fsp3) is 0.977. The Morgan fingerprint density at radius 2 is 1.08 bits per heavy atom. The van der Waals surface area contributed by atoms with Crippen LogP contribution in [-0.2, 0) is 14.3 Å². The van der Waals surface area contributed by atoms with Crippen LogP contribution in [0.25, 0.3) is 0 Å². The van der Waals surface area contributed by atoms with E-state index in [1.165, 1.54) is 38.5 Å². The van der Waals surface area contributed by atoms with Crippen molar-refractivity contribution in [2.45, 2.75) is 190 Å². The van der Waals surface area contributed by atoms with Crippen LogP contribution >= 0.6 is 0 Å². The topological polar surface area (TPSA) is 112 Å². The summed E-state index contributed by atoms with van der Waals surface area (Å²) in [5, 5.41) is 35.0. The second-order valence-electron chi connectivity index (χ2n) is 21.1. The maximum Gasteiger partial charge on any atom is 0.308 e. The van der Waals surface area contributed by atoms with Crippen molar-refractivity contribution in [1.29, 1.82) is 0 Å². The molecular weight excluding hydrogens is 651 g/mol. The maximum atomic E-state index is 13.2. The standard InChI is InChI=1S/C44H81N3O5/c1-26-13-16-32(28(3)21-26)39-45-40(33-17-14-27(2)22-29(33)4)47-41(46-39)34-18-15-31(25-37(34)48)51-19-11-12-20-52-42(50)30-23-35(43(5,6)7)38(49)36(24-30)44(8,9)10/h26-41,45-49H,11-25H2,1-10H3. The van der Waals surface area contributed by atoms with Crippen molar-refractivity contribution in [3.8, 4) is 0 Å². The number of unbranched alkanes of at least 4 members (excludes halogenated alkanes) is 1. The van der Waals surface area contributed by atoms with Crippen LogP contribution in [0.2, 0.25) is 0 Å². The van der Waals surface area contributed by atoms with Gasteiger partial charge in [-0.3, -0.25) is 20.7 Å². The molecule has 4 aliphatic carbocycles. The second-order valence-corrected chi connectivity index (χ2v) is 21.1. The predicted molar refractivity (Wildman–Crippen MR) is 210 cm³/mol. The van der Waals surface area contributed by atoms with Crippen LogP contribution < -0.4 is 16.0 Å². The Morgan fingerprint density at radius 3 is 1.54 bits per heavy atom. The average molecular weight is 732 g/mol. The number of rotatable bonds is 10. The Hall–Kier alpha value is -0.770. The Morgan fingerprint density at radius 1 is 0.615 bits per heavy atom. The summed E-state index contributed by atoms with van der Waals surface area (Å²) in [5.74, 6) is 4.28. The summed E-state index contributed by atoms with van der Waals surface area (Å²) < 4.78 is 12.1. The molecule has 302 valence electrons. The summed E-state index contributed by atoms with van der Waals surface area (Å²) in [6.07, 6.45) is 13.3. The van der Waals surface area contributed by atoms with Gasteiger partial charge in [0.15, 0.2) is 0 Å². The second kappa shape index (κ2) is 18.0. The number of hydrogen-bond donors (Lipinski definition) is 5. The summed E-state index contributed by atoms with van der Waals surface area (Å²) in [7, 11) is 0. The molecule has 0 radical (unpaired) electrons. The Balaban J connectivity index is 1.07. The van der Waals surface area contributed by atoms with E-state index in [-0.39, 0.29) is 65.1 Å². The van der Waals surface area contributed by atoms with Crippen molar-refractivity contribution in [2.75, 3.05) is 13.2 Å². The molecule has 1 saturated heterocycles. The Kier molecular flexibility index (Phi) is 14.7. The average Bonchev–Trinajstić information content (AvgIpc) is 3.05. The molecule has 52 heavy (non-hydrogen) atoms. The van der Waals surface area contributed by atoms with Crippen molar-refractivity contribution in [2.24, 2.45) is 70.0 Å². The van der Waals surface area contributed by atoms with Crippen LogP contribution in [0.3, 0.4) is 0 Å². The zero-order valence-electron chi connectivity index (χ0n) is 35.0. The lowest BCUT2D eigenvalue weighted by Crippen LogP contribution is -2.74. The predicted octanol–water partition coefficient (Wildman–Crippen LogP) is 7.86. The van der Waals surface area contributed by atoms with E-state index in [1.807, 2.05) is 0 Å². The molecule has 13 atom stereocenters. The third-order valence-corrected chi connectivity index (χ3v) is 14.8. The molecular formula is C44H81N3O5. The highest BCUT2D eigenvalue weighted by Crippen LogP contribution is 2.49. The minimum Gasteiger partial charge on any atom is -0.465 e. The number of hydrogen-bond acceptors (Lipinski definition) is 8. The first kappa shape index (κ1) is 42.4. The van der Waals surface area contributed by atoms with Crippen molar-refractivity contribution < 1.29 is 24.5 Å². The van der Waals surface area contributed by atoms with E-state index in [0.717, 1.165) is 37.5 Å². The van der Waals surface area contributed by atoms with Crippen LogP contribution in [-0.4, -0.2) is 66.2 Å². The number of aliphatic hydroxyl groups is 2. The molecule has 8 heteroatoms. The quantitative estimate of drug-likeness (QED) is 0.114. The lowest BCUT2D eigenvalue weighted by molar-refractivity contribution is -0.158. The van der Waals surface area contributed by atoms with Crippen LogP contribution in [0.5, 0.6) is 0 Å². The highest BCUT2D eigenvalue weighted by molar-refractivity contribution is 5.72. The van der Waals surface area contributed by atoms with Crippen LogP contribution in [0.1, 0.15) is 153 Å². The van der Waals surface area contributed by atoms with Gasteiger partial charge in [-0.1, -0.05) is 82.1 Å². The van der Waals surface area contributed by atoms with E-state index in [9.17, 15) is 15.0 Å². The number of aliphatic hydroxyl groups excluding tert-OH is 2. The Labute approximate surface area is 318 Å². The molecule has 5 rings (SSSR count). The lowest BCUT2D eigenvalue weighted by atomic mass is 9.58. The summed E-state index contributed by atoms with van der Waals surface area (Å²) >= 11 is 0. The van der Waals surface area contributed by atoms with E-state index in [2.05, 4.69) is 85.2 Å². The van der Waals surface area contributed by atoms with E-state index in [0.29, 0.717) is 56.1 Å². The first-order valence-electron chi connectivity index (χ1n) is 21.8. The number of esters is 1. The van der Waals surface area contributed by atoms with Crippen molar-refractivity contribution in [3.63, 3.8) is 0 Å². The molecule has 5 fully saturated rings. The van der Waals surface area contributed by atoms with Crippen molar-refractivity contribution in [1.82, 2.24) is 16.0 Å². The molecule has 0 amide bonds. The van der Waals surface area contributed by atoms with E-state index >= 15 is 0 Å². The van der Waals surface area contributed by atoms with E-state index < -0.39 is 12.2 Å². The number of carbonyl (C=O) groups excluding carboxylic acids is 1. The molecule has 0 aromatic rings. The smallest absolute Gasteiger partial charge is 0.308 e. The number of nitrogens with one attached hydrogen (secondary N) is 3. The van der Waals surface area contributed by atoms with Crippen LogP contribution in [0.15, 0.2) is 0 Å². The first-order chi connectivity index (χ1) is 24.4. The monoisotopic (exact) mass is 732 g/mol. The molecule has 5 N–H and O–H groups in total. The fourth-order valence-electron chi connectivity index (χ4n) is 11.4. The molecule has 0 bridgehead atoms. The summed E-state index contributed by atoms with van der Waals surface area (Å²) in [6.45, 7) is 23.8. The van der Waals surface area contributed by atoms with Gasteiger partial charge < -0.3 is 19.7 Å². The Bertz CT molecular complexity index is 1060. The number of ether oxygens (including phenoxy) is 2. The number of carbonyl (C=O) groups is 1. The normalized spacial score (nSPS) is 43.9. The molecule has 8 nitrogen and oxygen atoms in total. The highest BCUT2D eigenvalue weighted by atomic mass is 16.5. The van der Waals surface area contributed by atoms with Gasteiger partial charge in [0.1, 0.15) is 0 Å². The van der Waals surface area contributed by atoms with E-state index in [4.69, 9.17) is 9.47 Å². The van der Waals surface area contributed by atoms with Crippen molar-refractivity contribution >= 4 is 5.97 Å². The first-order valence-corrected chi connectivity index (χ1v) is 21.8. The molecule has 13 unspecified atom stereocenters. The van der Waals surface area contributed by atoms with Gasteiger partial charge in [-0.2, -0.15) is 0 Å². The van der Waals surface area contributed by atoms with Gasteiger partial charge in [-0.05, 0) is 129 Å². The van der Waals surface area contributed by atoms with Gasteiger partial charge in [0.2, 0.25) is 0 Å². The molecule has 1 aliphatic heterocycles. The lowest BCUT2D eigenvalue weighted by Gasteiger charge is -2.52. The summed E-state index contributed by atoms with van der Waals surface area (Å²) in [5.41, 5.74) is -0.146. The third-order valence-electron chi connectivity index (χ3n) is 14.8. The minimum atomic E-state index is -0.403. The van der Waals surface area contributed by atoms with Crippen molar-refractivity contribution in [3.05, 3.63) is 0 Å². The van der Waals surface area contributed by atoms with Crippen LogP contribution in [0.4, 0.5) is 0 Å². The summed E-state index contributed by atoms with van der Waals surface area (Å²) in [4.78, 5) is 13.2. The van der Waals surface area contributed by atoms with Gasteiger partial charge >= 0.3 is 5.97 Å². The van der Waals surface area contributed by atoms with Gasteiger partial charge in [-0.25, -0.2) is 0 Å². The summed E-state index contributed by atoms with van der Waals surface area (Å²) in [6, 6.07) is 0. The minimum absolute atomic E-state index is 0.0687. The fourth-order valence-corrected chi connectivity index (χ4v) is 11.4. The zero-order valence-corrected chi connectivity index (χ0v) is 35.0. The molecule has 0 aromatic heterocycles. The maximum absolute atomic E-state index is 13.2. The molecule has 1 heterocycles. The molecule has 0 aromatic carbocycles. The van der Waals surface area contributed by atoms with Gasteiger partial charge in [-0.15, -0.1) is 0 Å². The molecule has 4 saturated carbocycles. The van der Waals surface area contributed by atoms with Gasteiger partial charge in [0.25, 0.3) is 0 Å². The van der Waals surface area contributed by atoms with Gasteiger partial charge in [0.05, 0.1) is 49.3 Å². The van der Waals surface area contributed by atoms with Gasteiger partial charge in [0, 0.05) is 12.5 Å². The zero-order chi connectivity index (χ0) is 38.0. The van der Waals surface area contributed by atoms with E-state index in [1.54, 1.807) is 0 Å².